The normalized spacial score (nSPS) is 12.0. The third kappa shape index (κ3) is 3.21. The van der Waals surface area contributed by atoms with E-state index in [-0.39, 0.29) is 10.6 Å². The summed E-state index contributed by atoms with van der Waals surface area (Å²) >= 11 is 3.20. The largest absolute Gasteiger partial charge is 0.397 e. The van der Waals surface area contributed by atoms with E-state index in [1.165, 1.54) is 16.7 Å². The molecule has 0 fully saturated rings. The average Bonchev–Trinajstić information content (AvgIpc) is 2.32. The first kappa shape index (κ1) is 15.4. The second kappa shape index (κ2) is 6.49. The third-order valence-corrected chi connectivity index (χ3v) is 5.02. The Bertz CT molecular complexity index is 499. The molecule has 0 aliphatic heterocycles. The fourth-order valence-corrected chi connectivity index (χ4v) is 3.79. The summed E-state index contributed by atoms with van der Waals surface area (Å²) in [4.78, 5) is 3.95. The quantitative estimate of drug-likeness (QED) is 0.864. The Morgan fingerprint density at radius 3 is 2.33 bits per heavy atom. The zero-order chi connectivity index (χ0) is 13.8. The molecular weight excluding hydrogens is 318 g/mol. The van der Waals surface area contributed by atoms with Crippen LogP contribution in [0.1, 0.15) is 26.7 Å². The Morgan fingerprint density at radius 1 is 1.28 bits per heavy atom. The van der Waals surface area contributed by atoms with Gasteiger partial charge in [-0.2, -0.15) is 4.31 Å². The number of aromatic nitrogens is 1. The predicted octanol–water partition coefficient (Wildman–Crippen LogP) is 2.24. The molecule has 102 valence electrons. The van der Waals surface area contributed by atoms with Crippen molar-refractivity contribution in [3.8, 4) is 0 Å². The van der Waals surface area contributed by atoms with Crippen LogP contribution in [0.3, 0.4) is 0 Å². The van der Waals surface area contributed by atoms with Crippen molar-refractivity contribution in [2.24, 2.45) is 0 Å². The lowest BCUT2D eigenvalue weighted by Crippen LogP contribution is -2.33. The summed E-state index contributed by atoms with van der Waals surface area (Å²) in [5.41, 5.74) is 6.02. The standard InChI is InChI=1S/C11H18BrN3O2S/c1-3-5-15(6-4-2)18(16,17)10-8-14-7-9(12)11(10)13/h7-8H,3-6H2,1-2H3,(H2,13,14). The summed E-state index contributed by atoms with van der Waals surface area (Å²) in [6.07, 6.45) is 4.31. The van der Waals surface area contributed by atoms with E-state index in [4.69, 9.17) is 5.73 Å². The molecule has 1 rings (SSSR count). The number of nitrogens with zero attached hydrogens (tertiary/aromatic N) is 2. The third-order valence-electron chi connectivity index (χ3n) is 2.47. The Morgan fingerprint density at radius 2 is 1.83 bits per heavy atom. The van der Waals surface area contributed by atoms with Gasteiger partial charge in [0.15, 0.2) is 0 Å². The van der Waals surface area contributed by atoms with E-state index in [0.717, 1.165) is 12.8 Å². The second-order valence-corrected chi connectivity index (χ2v) is 6.70. The first-order chi connectivity index (χ1) is 8.45. The van der Waals surface area contributed by atoms with Gasteiger partial charge in [-0.3, -0.25) is 4.98 Å². The molecule has 0 saturated heterocycles. The van der Waals surface area contributed by atoms with Gasteiger partial charge >= 0.3 is 0 Å². The molecule has 0 aliphatic rings. The predicted molar refractivity (Wildman–Crippen MR) is 75.7 cm³/mol. The van der Waals surface area contributed by atoms with E-state index >= 15 is 0 Å². The highest BCUT2D eigenvalue weighted by Crippen LogP contribution is 2.27. The molecule has 0 atom stereocenters. The molecule has 0 amide bonds. The molecule has 0 saturated carbocycles. The van der Waals surface area contributed by atoms with Crippen LogP contribution >= 0.6 is 15.9 Å². The van der Waals surface area contributed by atoms with Gasteiger partial charge < -0.3 is 5.73 Å². The molecule has 7 heteroatoms. The van der Waals surface area contributed by atoms with Crippen molar-refractivity contribution in [2.75, 3.05) is 18.8 Å². The monoisotopic (exact) mass is 335 g/mol. The summed E-state index contributed by atoms with van der Waals surface area (Å²) in [6, 6.07) is 0. The lowest BCUT2D eigenvalue weighted by atomic mass is 10.4. The van der Waals surface area contributed by atoms with Crippen LogP contribution in [0.5, 0.6) is 0 Å². The number of nitrogen functional groups attached to an aromatic ring is 1. The highest BCUT2D eigenvalue weighted by molar-refractivity contribution is 9.10. The van der Waals surface area contributed by atoms with E-state index < -0.39 is 10.0 Å². The van der Waals surface area contributed by atoms with Crippen molar-refractivity contribution in [1.82, 2.24) is 9.29 Å². The van der Waals surface area contributed by atoms with Crippen molar-refractivity contribution in [2.45, 2.75) is 31.6 Å². The first-order valence-corrected chi connectivity index (χ1v) is 8.07. The van der Waals surface area contributed by atoms with Gasteiger partial charge in [0.2, 0.25) is 10.0 Å². The molecule has 0 aromatic carbocycles. The number of halogens is 1. The van der Waals surface area contributed by atoms with E-state index in [2.05, 4.69) is 20.9 Å². The number of nitrogens with two attached hydrogens (primary N) is 1. The second-order valence-electron chi connectivity index (χ2n) is 3.94. The molecule has 0 aliphatic carbocycles. The topological polar surface area (TPSA) is 76.3 Å². The van der Waals surface area contributed by atoms with Crippen molar-refractivity contribution in [3.05, 3.63) is 16.9 Å². The Balaban J connectivity index is 3.22. The molecule has 1 aromatic rings. The number of hydrogen-bond acceptors (Lipinski definition) is 4. The molecule has 2 N–H and O–H groups in total. The number of rotatable bonds is 6. The Labute approximate surface area is 117 Å². The zero-order valence-corrected chi connectivity index (χ0v) is 13.0. The molecule has 1 heterocycles. The minimum absolute atomic E-state index is 0.0683. The summed E-state index contributed by atoms with van der Waals surface area (Å²) in [7, 11) is -3.56. The summed E-state index contributed by atoms with van der Waals surface area (Å²) in [5.74, 6) is 0. The number of hydrogen-bond donors (Lipinski definition) is 1. The van der Waals surface area contributed by atoms with E-state index in [0.29, 0.717) is 17.6 Å². The maximum Gasteiger partial charge on any atom is 0.246 e. The van der Waals surface area contributed by atoms with Gasteiger partial charge in [0.05, 0.1) is 10.2 Å². The molecule has 0 spiro atoms. The van der Waals surface area contributed by atoms with Gasteiger partial charge in [-0.05, 0) is 28.8 Å². The average molecular weight is 336 g/mol. The highest BCUT2D eigenvalue weighted by Gasteiger charge is 2.26. The Kier molecular flexibility index (Phi) is 5.55. The van der Waals surface area contributed by atoms with E-state index in [1.54, 1.807) is 0 Å². The number of sulfonamides is 1. The summed E-state index contributed by atoms with van der Waals surface area (Å²) in [6.45, 7) is 4.87. The van der Waals surface area contributed by atoms with Crippen LogP contribution in [0.4, 0.5) is 5.69 Å². The van der Waals surface area contributed by atoms with Gasteiger partial charge in [-0.1, -0.05) is 13.8 Å². The fraction of sp³-hybridized carbons (Fsp3) is 0.545. The van der Waals surface area contributed by atoms with Gasteiger partial charge in [-0.15, -0.1) is 0 Å². The van der Waals surface area contributed by atoms with E-state index in [1.807, 2.05) is 13.8 Å². The zero-order valence-electron chi connectivity index (χ0n) is 10.6. The lowest BCUT2D eigenvalue weighted by molar-refractivity contribution is 0.410. The molecule has 18 heavy (non-hydrogen) atoms. The van der Waals surface area contributed by atoms with Crippen LogP contribution in [0, 0.1) is 0 Å². The molecule has 1 aromatic heterocycles. The number of anilines is 1. The Hall–Kier alpha value is -0.660. The van der Waals surface area contributed by atoms with Crippen LogP contribution in [0.25, 0.3) is 0 Å². The van der Waals surface area contributed by atoms with Crippen molar-refractivity contribution < 1.29 is 8.42 Å². The van der Waals surface area contributed by atoms with Gasteiger partial charge in [0.1, 0.15) is 4.90 Å². The SMILES string of the molecule is CCCN(CCC)S(=O)(=O)c1cncc(Br)c1N. The number of pyridine rings is 1. The smallest absolute Gasteiger partial charge is 0.246 e. The maximum atomic E-state index is 12.5. The molecule has 0 bridgehead atoms. The fourth-order valence-electron chi connectivity index (χ4n) is 1.62. The summed E-state index contributed by atoms with van der Waals surface area (Å²) < 4.78 is 26.9. The van der Waals surface area contributed by atoms with Crippen molar-refractivity contribution in [1.29, 1.82) is 0 Å². The molecular formula is C11H18BrN3O2S. The molecule has 0 unspecified atom stereocenters. The van der Waals surface area contributed by atoms with Crippen LogP contribution < -0.4 is 5.73 Å². The van der Waals surface area contributed by atoms with E-state index in [9.17, 15) is 8.42 Å². The summed E-state index contributed by atoms with van der Waals surface area (Å²) in [5, 5.41) is 0. The van der Waals surface area contributed by atoms with Gasteiger partial charge in [0.25, 0.3) is 0 Å². The minimum Gasteiger partial charge on any atom is -0.397 e. The maximum absolute atomic E-state index is 12.5. The van der Waals surface area contributed by atoms with Crippen LogP contribution in [-0.2, 0) is 10.0 Å². The van der Waals surface area contributed by atoms with Gasteiger partial charge in [-0.25, -0.2) is 8.42 Å². The van der Waals surface area contributed by atoms with Crippen molar-refractivity contribution in [3.63, 3.8) is 0 Å². The first-order valence-electron chi connectivity index (χ1n) is 5.84. The molecule has 5 nitrogen and oxygen atoms in total. The van der Waals surface area contributed by atoms with Crippen molar-refractivity contribution >= 4 is 31.6 Å². The van der Waals surface area contributed by atoms with Crippen LogP contribution in [0.2, 0.25) is 0 Å². The lowest BCUT2D eigenvalue weighted by Gasteiger charge is -2.21. The van der Waals surface area contributed by atoms with Crippen LogP contribution in [-0.4, -0.2) is 30.8 Å². The molecule has 0 radical (unpaired) electrons. The minimum atomic E-state index is -3.56. The van der Waals surface area contributed by atoms with Crippen LogP contribution in [0.15, 0.2) is 21.8 Å². The van der Waals surface area contributed by atoms with Gasteiger partial charge in [0, 0.05) is 25.5 Å². The highest BCUT2D eigenvalue weighted by atomic mass is 79.9.